The van der Waals surface area contributed by atoms with E-state index in [9.17, 15) is 10.1 Å². The molecule has 0 amide bonds. The van der Waals surface area contributed by atoms with Crippen molar-refractivity contribution in [2.45, 2.75) is 6.42 Å². The van der Waals surface area contributed by atoms with Crippen LogP contribution in [0.3, 0.4) is 0 Å². The highest BCUT2D eigenvalue weighted by atomic mass is 16.6. The number of rotatable bonds is 5. The van der Waals surface area contributed by atoms with Gasteiger partial charge in [-0.1, -0.05) is 0 Å². The molecule has 0 saturated heterocycles. The Morgan fingerprint density at radius 1 is 1.44 bits per heavy atom. The third-order valence-electron chi connectivity index (χ3n) is 2.44. The fourth-order valence-corrected chi connectivity index (χ4v) is 1.46. The molecule has 2 aromatic rings. The molecular weight excluding hydrogens is 236 g/mol. The van der Waals surface area contributed by atoms with Crippen molar-refractivity contribution in [2.24, 2.45) is 7.05 Å². The maximum atomic E-state index is 10.4. The van der Waals surface area contributed by atoms with E-state index in [4.69, 9.17) is 0 Å². The van der Waals surface area contributed by atoms with E-state index >= 15 is 0 Å². The molecule has 94 valence electrons. The van der Waals surface area contributed by atoms with Gasteiger partial charge in [-0.15, -0.1) is 0 Å². The molecule has 8 heteroatoms. The second-order valence-corrected chi connectivity index (χ2v) is 3.64. The summed E-state index contributed by atoms with van der Waals surface area (Å²) < 4.78 is 1.79. The zero-order chi connectivity index (χ0) is 13.0. The normalized spacial score (nSPS) is 10.3. The Morgan fingerprint density at radius 2 is 2.17 bits per heavy atom. The Kier molecular flexibility index (Phi) is 3.46. The molecule has 18 heavy (non-hydrogen) atoms. The van der Waals surface area contributed by atoms with Crippen LogP contribution in [0.25, 0.3) is 0 Å². The molecule has 2 rings (SSSR count). The predicted octanol–water partition coefficient (Wildman–Crippen LogP) is 0.773. The first kappa shape index (κ1) is 12.0. The van der Waals surface area contributed by atoms with E-state index in [2.05, 4.69) is 20.4 Å². The van der Waals surface area contributed by atoms with Gasteiger partial charge in [0.25, 0.3) is 0 Å². The summed E-state index contributed by atoms with van der Waals surface area (Å²) >= 11 is 0. The molecule has 0 aliphatic heterocycles. The molecule has 8 nitrogen and oxygen atoms in total. The average Bonchev–Trinajstić information content (AvgIpc) is 2.76. The van der Waals surface area contributed by atoms with Crippen LogP contribution in [0.2, 0.25) is 0 Å². The minimum absolute atomic E-state index is 0.118. The molecule has 0 radical (unpaired) electrons. The highest BCUT2D eigenvalue weighted by Gasteiger charge is 2.06. The van der Waals surface area contributed by atoms with Gasteiger partial charge in [0, 0.05) is 31.9 Å². The maximum absolute atomic E-state index is 10.4. The first-order valence-electron chi connectivity index (χ1n) is 5.34. The van der Waals surface area contributed by atoms with Crippen LogP contribution in [0.4, 0.5) is 11.6 Å². The lowest BCUT2D eigenvalue weighted by Gasteiger charge is -2.04. The van der Waals surface area contributed by atoms with Gasteiger partial charge in [0.05, 0.1) is 4.92 Å². The smallest absolute Gasteiger partial charge is 0.305 e. The fourth-order valence-electron chi connectivity index (χ4n) is 1.46. The minimum Gasteiger partial charge on any atom is -0.354 e. The summed E-state index contributed by atoms with van der Waals surface area (Å²) in [6.45, 7) is 0.636. The lowest BCUT2D eigenvalue weighted by Crippen LogP contribution is -2.10. The number of hydrogen-bond donors (Lipinski definition) is 1. The van der Waals surface area contributed by atoms with Crippen LogP contribution < -0.4 is 5.32 Å². The minimum atomic E-state index is -0.528. The quantitative estimate of drug-likeness (QED) is 0.620. The summed E-state index contributed by atoms with van der Waals surface area (Å²) in [4.78, 5) is 17.6. The highest BCUT2D eigenvalue weighted by Crippen LogP contribution is 2.08. The SMILES string of the molecule is Cn1nccc1CCNc1ncc([N+](=O)[O-])cn1. The number of nitrogens with zero attached hydrogens (tertiary/aromatic N) is 5. The molecule has 0 aromatic carbocycles. The second-order valence-electron chi connectivity index (χ2n) is 3.64. The van der Waals surface area contributed by atoms with Crippen molar-refractivity contribution in [3.05, 3.63) is 40.5 Å². The number of nitrogens with one attached hydrogen (secondary N) is 1. The van der Waals surface area contributed by atoms with Crippen molar-refractivity contribution in [1.29, 1.82) is 0 Å². The standard InChI is InChI=1S/C10H12N6O2/c1-15-8(3-5-14-15)2-4-11-10-12-6-9(7-13-10)16(17)18/h3,5-7H,2,4H2,1H3,(H,11,12,13). The lowest BCUT2D eigenvalue weighted by molar-refractivity contribution is -0.385. The Balaban J connectivity index is 1.87. The van der Waals surface area contributed by atoms with Crippen LogP contribution >= 0.6 is 0 Å². The molecular formula is C10H12N6O2. The Labute approximate surface area is 103 Å². The molecule has 0 aliphatic carbocycles. The third kappa shape index (κ3) is 2.78. The van der Waals surface area contributed by atoms with E-state index < -0.39 is 4.92 Å². The molecule has 0 spiro atoms. The fraction of sp³-hybridized carbons (Fsp3) is 0.300. The van der Waals surface area contributed by atoms with Crippen molar-refractivity contribution in [3.8, 4) is 0 Å². The number of aryl methyl sites for hydroxylation is 1. The van der Waals surface area contributed by atoms with Gasteiger partial charge in [-0.3, -0.25) is 14.8 Å². The van der Waals surface area contributed by atoms with Crippen LogP contribution in [0.1, 0.15) is 5.69 Å². The Morgan fingerprint density at radius 3 is 2.72 bits per heavy atom. The van der Waals surface area contributed by atoms with Gasteiger partial charge in [0.15, 0.2) is 0 Å². The summed E-state index contributed by atoms with van der Waals surface area (Å²) in [5, 5.41) is 17.5. The number of aromatic nitrogens is 4. The molecule has 0 atom stereocenters. The van der Waals surface area contributed by atoms with Gasteiger partial charge < -0.3 is 5.32 Å². The summed E-state index contributed by atoms with van der Waals surface area (Å²) in [6.07, 6.45) is 4.87. The largest absolute Gasteiger partial charge is 0.354 e. The molecule has 0 fully saturated rings. The van der Waals surface area contributed by atoms with Crippen molar-refractivity contribution in [2.75, 3.05) is 11.9 Å². The molecule has 0 aliphatic rings. The number of hydrogen-bond acceptors (Lipinski definition) is 6. The summed E-state index contributed by atoms with van der Waals surface area (Å²) in [5.74, 6) is 0.378. The van der Waals surface area contributed by atoms with E-state index in [1.54, 1.807) is 10.9 Å². The average molecular weight is 248 g/mol. The van der Waals surface area contributed by atoms with Crippen LogP contribution in [0.5, 0.6) is 0 Å². The zero-order valence-electron chi connectivity index (χ0n) is 9.78. The van der Waals surface area contributed by atoms with Crippen LogP contribution in [0, 0.1) is 10.1 Å². The molecule has 0 unspecified atom stereocenters. The van der Waals surface area contributed by atoms with Crippen molar-refractivity contribution in [1.82, 2.24) is 19.7 Å². The van der Waals surface area contributed by atoms with E-state index in [0.717, 1.165) is 12.1 Å². The van der Waals surface area contributed by atoms with Crippen LogP contribution in [0.15, 0.2) is 24.7 Å². The molecule has 2 aromatic heterocycles. The summed E-state index contributed by atoms with van der Waals surface area (Å²) in [7, 11) is 1.87. The van der Waals surface area contributed by atoms with Crippen LogP contribution in [-0.4, -0.2) is 31.2 Å². The van der Waals surface area contributed by atoms with Crippen molar-refractivity contribution in [3.63, 3.8) is 0 Å². The van der Waals surface area contributed by atoms with Gasteiger partial charge >= 0.3 is 5.69 Å². The predicted molar refractivity (Wildman–Crippen MR) is 64.1 cm³/mol. The summed E-state index contributed by atoms with van der Waals surface area (Å²) in [5.41, 5.74) is 0.969. The van der Waals surface area contributed by atoms with Crippen LogP contribution in [-0.2, 0) is 13.5 Å². The number of anilines is 1. The van der Waals surface area contributed by atoms with Gasteiger partial charge in [-0.05, 0) is 6.07 Å². The first-order valence-corrected chi connectivity index (χ1v) is 5.34. The van der Waals surface area contributed by atoms with E-state index in [0.29, 0.717) is 12.5 Å². The third-order valence-corrected chi connectivity index (χ3v) is 2.44. The molecule has 0 bridgehead atoms. The van der Waals surface area contributed by atoms with Gasteiger partial charge in [0.1, 0.15) is 12.4 Å². The Hall–Kier alpha value is -2.51. The lowest BCUT2D eigenvalue weighted by atomic mass is 10.3. The van der Waals surface area contributed by atoms with E-state index in [1.807, 2.05) is 13.1 Å². The van der Waals surface area contributed by atoms with Gasteiger partial charge in [-0.25, -0.2) is 9.97 Å². The molecule has 0 saturated carbocycles. The topological polar surface area (TPSA) is 98.8 Å². The monoisotopic (exact) mass is 248 g/mol. The zero-order valence-corrected chi connectivity index (χ0v) is 9.78. The van der Waals surface area contributed by atoms with Gasteiger partial charge in [0.2, 0.25) is 5.95 Å². The first-order chi connectivity index (χ1) is 8.66. The van der Waals surface area contributed by atoms with E-state index in [-0.39, 0.29) is 5.69 Å². The van der Waals surface area contributed by atoms with Crippen molar-refractivity contribution < 1.29 is 4.92 Å². The molecule has 2 heterocycles. The molecule has 1 N–H and O–H groups in total. The second kappa shape index (κ2) is 5.21. The number of nitro groups is 1. The summed E-state index contributed by atoms with van der Waals surface area (Å²) in [6, 6.07) is 1.93. The highest BCUT2D eigenvalue weighted by molar-refractivity contribution is 5.30. The van der Waals surface area contributed by atoms with Gasteiger partial charge in [-0.2, -0.15) is 5.10 Å². The van der Waals surface area contributed by atoms with E-state index in [1.165, 1.54) is 12.4 Å². The Bertz CT molecular complexity index is 536. The maximum Gasteiger partial charge on any atom is 0.305 e. The van der Waals surface area contributed by atoms with Crippen molar-refractivity contribution >= 4 is 11.6 Å².